The van der Waals surface area contributed by atoms with E-state index in [0.29, 0.717) is 6.04 Å². The zero-order valence-corrected chi connectivity index (χ0v) is 11.7. The first-order valence-electron chi connectivity index (χ1n) is 6.92. The SMILES string of the molecule is CCC1CN(C)CCCN1CCC(CO)NC. The number of likely N-dealkylation sites (N-methyl/N-ethyl adjacent to an activating group) is 2. The molecule has 1 fully saturated rings. The highest BCUT2D eigenvalue weighted by Gasteiger charge is 2.22. The molecule has 2 atom stereocenters. The van der Waals surface area contributed by atoms with Gasteiger partial charge < -0.3 is 15.3 Å². The van der Waals surface area contributed by atoms with Crippen LogP contribution < -0.4 is 5.32 Å². The van der Waals surface area contributed by atoms with Gasteiger partial charge in [0.05, 0.1) is 6.61 Å². The average Bonchev–Trinajstić information content (AvgIpc) is 2.52. The molecular formula is C13H29N3O. The molecule has 0 spiro atoms. The fourth-order valence-electron chi connectivity index (χ4n) is 2.62. The van der Waals surface area contributed by atoms with E-state index in [1.807, 2.05) is 7.05 Å². The van der Waals surface area contributed by atoms with Crippen molar-refractivity contribution in [3.05, 3.63) is 0 Å². The zero-order valence-electron chi connectivity index (χ0n) is 11.7. The van der Waals surface area contributed by atoms with Crippen LogP contribution >= 0.6 is 0 Å². The van der Waals surface area contributed by atoms with Crippen molar-refractivity contribution in [3.8, 4) is 0 Å². The van der Waals surface area contributed by atoms with Crippen LogP contribution in [0.15, 0.2) is 0 Å². The van der Waals surface area contributed by atoms with Gasteiger partial charge in [-0.1, -0.05) is 6.92 Å². The molecule has 2 unspecified atom stereocenters. The molecule has 0 aliphatic carbocycles. The lowest BCUT2D eigenvalue weighted by molar-refractivity contribution is 0.163. The lowest BCUT2D eigenvalue weighted by atomic mass is 10.1. The Hall–Kier alpha value is -0.160. The van der Waals surface area contributed by atoms with Crippen LogP contribution in [0, 0.1) is 0 Å². The molecule has 0 saturated carbocycles. The van der Waals surface area contributed by atoms with Crippen molar-refractivity contribution >= 4 is 0 Å². The van der Waals surface area contributed by atoms with Gasteiger partial charge in [-0.3, -0.25) is 4.90 Å². The smallest absolute Gasteiger partial charge is 0.0585 e. The molecule has 1 heterocycles. The molecule has 1 aliphatic rings. The summed E-state index contributed by atoms with van der Waals surface area (Å²) in [6.45, 7) is 7.20. The van der Waals surface area contributed by atoms with Crippen molar-refractivity contribution in [2.24, 2.45) is 0 Å². The van der Waals surface area contributed by atoms with Gasteiger partial charge in [0, 0.05) is 25.2 Å². The third-order valence-corrected chi connectivity index (χ3v) is 3.89. The first-order chi connectivity index (χ1) is 8.21. The Morgan fingerprint density at radius 3 is 2.76 bits per heavy atom. The third kappa shape index (κ3) is 4.92. The second-order valence-electron chi connectivity index (χ2n) is 5.17. The molecule has 0 amide bonds. The molecule has 1 aliphatic heterocycles. The van der Waals surface area contributed by atoms with Crippen LogP contribution in [0.2, 0.25) is 0 Å². The van der Waals surface area contributed by atoms with Crippen LogP contribution in [0.3, 0.4) is 0 Å². The number of nitrogens with zero attached hydrogens (tertiary/aromatic N) is 2. The minimum atomic E-state index is 0.237. The Morgan fingerprint density at radius 1 is 1.41 bits per heavy atom. The van der Waals surface area contributed by atoms with Gasteiger partial charge in [-0.2, -0.15) is 0 Å². The van der Waals surface area contributed by atoms with Crippen molar-refractivity contribution in [2.75, 3.05) is 46.9 Å². The van der Waals surface area contributed by atoms with E-state index in [-0.39, 0.29) is 12.6 Å². The summed E-state index contributed by atoms with van der Waals surface area (Å²) in [4.78, 5) is 5.04. The maximum absolute atomic E-state index is 9.19. The molecule has 0 bridgehead atoms. The molecule has 4 heteroatoms. The molecule has 0 aromatic rings. The lowest BCUT2D eigenvalue weighted by Crippen LogP contribution is -2.42. The molecule has 0 aromatic heterocycles. The number of aliphatic hydroxyl groups is 1. The number of aliphatic hydroxyl groups excluding tert-OH is 1. The summed E-state index contributed by atoms with van der Waals surface area (Å²) < 4.78 is 0. The second kappa shape index (κ2) is 8.03. The summed E-state index contributed by atoms with van der Waals surface area (Å²) in [5.74, 6) is 0. The summed E-state index contributed by atoms with van der Waals surface area (Å²) in [5.41, 5.74) is 0. The normalized spacial score (nSPS) is 25.8. The molecule has 0 radical (unpaired) electrons. The predicted octanol–water partition coefficient (Wildman–Crippen LogP) is 0.373. The van der Waals surface area contributed by atoms with Gasteiger partial charge in [0.25, 0.3) is 0 Å². The van der Waals surface area contributed by atoms with Crippen LogP contribution in [0.4, 0.5) is 0 Å². The summed E-state index contributed by atoms with van der Waals surface area (Å²) >= 11 is 0. The van der Waals surface area contributed by atoms with Gasteiger partial charge in [-0.15, -0.1) is 0 Å². The van der Waals surface area contributed by atoms with Crippen molar-refractivity contribution < 1.29 is 5.11 Å². The monoisotopic (exact) mass is 243 g/mol. The molecular weight excluding hydrogens is 214 g/mol. The van der Waals surface area contributed by atoms with E-state index in [2.05, 4.69) is 29.1 Å². The Balaban J connectivity index is 2.43. The summed E-state index contributed by atoms with van der Waals surface area (Å²) in [6.07, 6.45) is 3.51. The van der Waals surface area contributed by atoms with Crippen LogP contribution in [0.1, 0.15) is 26.2 Å². The first kappa shape index (κ1) is 14.9. The van der Waals surface area contributed by atoms with Crippen molar-refractivity contribution in [1.29, 1.82) is 0 Å². The molecule has 1 saturated heterocycles. The Bertz CT molecular complexity index is 197. The fraction of sp³-hybridized carbons (Fsp3) is 1.00. The Kier molecular flexibility index (Phi) is 7.04. The van der Waals surface area contributed by atoms with Crippen molar-refractivity contribution in [2.45, 2.75) is 38.3 Å². The van der Waals surface area contributed by atoms with Gasteiger partial charge in [-0.25, -0.2) is 0 Å². The van der Waals surface area contributed by atoms with E-state index in [9.17, 15) is 5.11 Å². The minimum absolute atomic E-state index is 0.237. The number of nitrogens with one attached hydrogen (secondary N) is 1. The first-order valence-corrected chi connectivity index (χ1v) is 6.92. The van der Waals surface area contributed by atoms with E-state index in [1.54, 1.807) is 0 Å². The van der Waals surface area contributed by atoms with E-state index in [0.717, 1.165) is 13.0 Å². The fourth-order valence-corrected chi connectivity index (χ4v) is 2.62. The summed E-state index contributed by atoms with van der Waals surface area (Å²) in [6, 6.07) is 0.923. The van der Waals surface area contributed by atoms with E-state index in [4.69, 9.17) is 0 Å². The van der Waals surface area contributed by atoms with E-state index >= 15 is 0 Å². The van der Waals surface area contributed by atoms with Gasteiger partial charge >= 0.3 is 0 Å². The standard InChI is InChI=1S/C13H29N3O/c1-4-13-10-15(3)7-5-8-16(13)9-6-12(11-17)14-2/h12-14,17H,4-11H2,1-3H3. The summed E-state index contributed by atoms with van der Waals surface area (Å²) in [5, 5.41) is 12.3. The lowest BCUT2D eigenvalue weighted by Gasteiger charge is -2.31. The van der Waals surface area contributed by atoms with Crippen LogP contribution in [-0.2, 0) is 0 Å². The maximum atomic E-state index is 9.19. The topological polar surface area (TPSA) is 38.7 Å². The molecule has 1 rings (SSSR count). The number of rotatable bonds is 6. The molecule has 2 N–H and O–H groups in total. The largest absolute Gasteiger partial charge is 0.395 e. The van der Waals surface area contributed by atoms with Crippen LogP contribution in [-0.4, -0.2) is 73.9 Å². The van der Waals surface area contributed by atoms with Gasteiger partial charge in [0.15, 0.2) is 0 Å². The third-order valence-electron chi connectivity index (χ3n) is 3.89. The quantitative estimate of drug-likeness (QED) is 0.707. The number of hydrogen-bond acceptors (Lipinski definition) is 4. The average molecular weight is 243 g/mol. The molecule has 0 aromatic carbocycles. The maximum Gasteiger partial charge on any atom is 0.0585 e. The van der Waals surface area contributed by atoms with Crippen LogP contribution in [0.25, 0.3) is 0 Å². The minimum Gasteiger partial charge on any atom is -0.395 e. The van der Waals surface area contributed by atoms with Crippen molar-refractivity contribution in [1.82, 2.24) is 15.1 Å². The highest BCUT2D eigenvalue weighted by molar-refractivity contribution is 4.79. The van der Waals surface area contributed by atoms with Gasteiger partial charge in [0.2, 0.25) is 0 Å². The predicted molar refractivity (Wildman–Crippen MR) is 72.3 cm³/mol. The van der Waals surface area contributed by atoms with E-state index in [1.165, 1.54) is 32.5 Å². The van der Waals surface area contributed by atoms with Gasteiger partial charge in [-0.05, 0) is 46.4 Å². The highest BCUT2D eigenvalue weighted by atomic mass is 16.3. The Morgan fingerprint density at radius 2 is 2.18 bits per heavy atom. The van der Waals surface area contributed by atoms with Crippen LogP contribution in [0.5, 0.6) is 0 Å². The summed E-state index contributed by atoms with van der Waals surface area (Å²) in [7, 11) is 4.14. The zero-order chi connectivity index (χ0) is 12.7. The Labute approximate surface area is 106 Å². The van der Waals surface area contributed by atoms with Crippen molar-refractivity contribution in [3.63, 3.8) is 0 Å². The second-order valence-corrected chi connectivity index (χ2v) is 5.17. The molecule has 4 nitrogen and oxygen atoms in total. The molecule has 102 valence electrons. The highest BCUT2D eigenvalue weighted by Crippen LogP contribution is 2.12. The van der Waals surface area contributed by atoms with E-state index < -0.39 is 0 Å². The van der Waals surface area contributed by atoms with Gasteiger partial charge in [0.1, 0.15) is 0 Å². The number of hydrogen-bond donors (Lipinski definition) is 2. The molecule has 17 heavy (non-hydrogen) atoms.